The van der Waals surface area contributed by atoms with Crippen LogP contribution in [0.25, 0.3) is 0 Å². The Morgan fingerprint density at radius 2 is 2.00 bits per heavy atom. The lowest BCUT2D eigenvalue weighted by molar-refractivity contribution is -0.125. The van der Waals surface area contributed by atoms with Gasteiger partial charge in [0, 0.05) is 11.7 Å². The summed E-state index contributed by atoms with van der Waals surface area (Å²) in [5.41, 5.74) is 5.60. The highest BCUT2D eigenvalue weighted by Gasteiger charge is 2.20. The van der Waals surface area contributed by atoms with Crippen LogP contribution in [0.15, 0.2) is 18.2 Å². The third-order valence-electron chi connectivity index (χ3n) is 3.95. The number of hydrogen-bond donors (Lipinski definition) is 2. The lowest BCUT2D eigenvalue weighted by Gasteiger charge is -2.26. The fraction of sp³-hybridized carbons (Fsp3) is 0.500. The zero-order valence-electron chi connectivity index (χ0n) is 12.6. The highest BCUT2D eigenvalue weighted by Crippen LogP contribution is 2.23. The van der Waals surface area contributed by atoms with Crippen LogP contribution in [0.3, 0.4) is 0 Å². The maximum atomic E-state index is 12.9. The summed E-state index contributed by atoms with van der Waals surface area (Å²) in [4.78, 5) is 23.6. The molecule has 1 aliphatic carbocycles. The molecule has 0 spiro atoms. The lowest BCUT2D eigenvalue weighted by atomic mass is 9.87. The van der Waals surface area contributed by atoms with E-state index in [-0.39, 0.29) is 29.8 Å². The average Bonchev–Trinajstić information content (AvgIpc) is 2.47. The van der Waals surface area contributed by atoms with Gasteiger partial charge >= 0.3 is 5.97 Å². The molecule has 0 radical (unpaired) electrons. The van der Waals surface area contributed by atoms with Crippen molar-refractivity contribution in [3.63, 3.8) is 0 Å². The number of carbonyl (C=O) groups is 2. The number of amides is 1. The molecule has 0 heterocycles. The number of nitrogen functional groups attached to an aromatic ring is 1. The molecule has 1 aromatic carbocycles. The van der Waals surface area contributed by atoms with Gasteiger partial charge in [-0.25, -0.2) is 9.18 Å². The van der Waals surface area contributed by atoms with E-state index in [1.807, 2.05) is 0 Å². The van der Waals surface area contributed by atoms with Gasteiger partial charge in [-0.3, -0.25) is 4.79 Å². The van der Waals surface area contributed by atoms with Crippen LogP contribution in [0, 0.1) is 11.7 Å². The number of nitrogens with one attached hydrogen (secondary N) is 1. The van der Waals surface area contributed by atoms with Gasteiger partial charge in [0.1, 0.15) is 5.82 Å². The van der Waals surface area contributed by atoms with E-state index < -0.39 is 11.8 Å². The second kappa shape index (κ2) is 7.24. The summed E-state index contributed by atoms with van der Waals surface area (Å²) in [6.07, 6.45) is 4.09. The molecule has 0 saturated heterocycles. The lowest BCUT2D eigenvalue weighted by Crippen LogP contribution is -2.39. The monoisotopic (exact) mass is 308 g/mol. The first kappa shape index (κ1) is 16.3. The molecule has 120 valence electrons. The summed E-state index contributed by atoms with van der Waals surface area (Å²) >= 11 is 0. The van der Waals surface area contributed by atoms with E-state index in [2.05, 4.69) is 12.2 Å². The first-order valence-corrected chi connectivity index (χ1v) is 7.47. The molecule has 22 heavy (non-hydrogen) atoms. The first-order valence-electron chi connectivity index (χ1n) is 7.47. The third kappa shape index (κ3) is 4.44. The van der Waals surface area contributed by atoms with Crippen LogP contribution in [0.5, 0.6) is 0 Å². The van der Waals surface area contributed by atoms with Crippen molar-refractivity contribution in [3.05, 3.63) is 29.6 Å². The molecule has 0 aromatic heterocycles. The molecule has 6 heteroatoms. The first-order chi connectivity index (χ1) is 10.5. The van der Waals surface area contributed by atoms with Crippen LogP contribution in [0.2, 0.25) is 0 Å². The van der Waals surface area contributed by atoms with E-state index >= 15 is 0 Å². The molecule has 0 bridgehead atoms. The minimum absolute atomic E-state index is 0.00771. The molecule has 1 saturated carbocycles. The molecule has 1 aromatic rings. The average molecular weight is 308 g/mol. The van der Waals surface area contributed by atoms with Crippen molar-refractivity contribution in [2.24, 2.45) is 5.92 Å². The molecule has 1 amide bonds. The molecular formula is C16H21FN2O3. The Labute approximate surface area is 129 Å². The van der Waals surface area contributed by atoms with Crippen molar-refractivity contribution in [3.8, 4) is 0 Å². The maximum Gasteiger partial charge on any atom is 0.340 e. The Hall–Kier alpha value is -2.11. The summed E-state index contributed by atoms with van der Waals surface area (Å²) in [7, 11) is 0. The van der Waals surface area contributed by atoms with Crippen molar-refractivity contribution >= 4 is 17.6 Å². The standard InChI is InChI=1S/C16H21FN2O3/c1-10-2-5-12(6-3-10)19-15(20)9-22-16(21)13-7-4-11(17)8-14(13)18/h4,7-8,10,12H,2-3,5-6,9,18H2,1H3,(H,19,20). The molecule has 0 aliphatic heterocycles. The minimum atomic E-state index is -0.732. The molecule has 0 atom stereocenters. The zero-order chi connectivity index (χ0) is 16.1. The molecule has 5 nitrogen and oxygen atoms in total. The quantitative estimate of drug-likeness (QED) is 0.660. The van der Waals surface area contributed by atoms with E-state index in [9.17, 15) is 14.0 Å². The Morgan fingerprint density at radius 3 is 2.64 bits per heavy atom. The van der Waals surface area contributed by atoms with Crippen LogP contribution in [-0.2, 0) is 9.53 Å². The topological polar surface area (TPSA) is 81.4 Å². The van der Waals surface area contributed by atoms with Gasteiger partial charge in [-0.15, -0.1) is 0 Å². The van der Waals surface area contributed by atoms with E-state index in [0.717, 1.165) is 37.8 Å². The fourth-order valence-corrected chi connectivity index (χ4v) is 2.60. The van der Waals surface area contributed by atoms with Gasteiger partial charge in [-0.2, -0.15) is 0 Å². The van der Waals surface area contributed by atoms with Gasteiger partial charge in [0.05, 0.1) is 5.56 Å². The molecule has 2 rings (SSSR count). The zero-order valence-corrected chi connectivity index (χ0v) is 12.6. The fourth-order valence-electron chi connectivity index (χ4n) is 2.60. The van der Waals surface area contributed by atoms with Gasteiger partial charge in [-0.1, -0.05) is 6.92 Å². The molecular weight excluding hydrogens is 287 g/mol. The Balaban J connectivity index is 1.79. The van der Waals surface area contributed by atoms with Crippen LogP contribution in [0.4, 0.5) is 10.1 Å². The predicted octanol–water partition coefficient (Wildman–Crippen LogP) is 2.26. The highest BCUT2D eigenvalue weighted by molar-refractivity contribution is 5.96. The number of nitrogens with two attached hydrogens (primary N) is 1. The van der Waals surface area contributed by atoms with Crippen LogP contribution in [-0.4, -0.2) is 24.5 Å². The largest absolute Gasteiger partial charge is 0.452 e. The summed E-state index contributed by atoms with van der Waals surface area (Å²) < 4.78 is 17.8. The van der Waals surface area contributed by atoms with Gasteiger partial charge in [0.15, 0.2) is 6.61 Å². The highest BCUT2D eigenvalue weighted by atomic mass is 19.1. The van der Waals surface area contributed by atoms with Crippen molar-refractivity contribution < 1.29 is 18.7 Å². The van der Waals surface area contributed by atoms with E-state index in [4.69, 9.17) is 10.5 Å². The number of hydrogen-bond acceptors (Lipinski definition) is 4. The van der Waals surface area contributed by atoms with Crippen LogP contribution >= 0.6 is 0 Å². The summed E-state index contributed by atoms with van der Waals surface area (Å²) in [6.45, 7) is 1.84. The van der Waals surface area contributed by atoms with E-state index in [1.165, 1.54) is 6.07 Å². The Kier molecular flexibility index (Phi) is 5.35. The normalized spacial score (nSPS) is 21.2. The molecule has 0 unspecified atom stereocenters. The van der Waals surface area contributed by atoms with Gasteiger partial charge in [0.25, 0.3) is 5.91 Å². The van der Waals surface area contributed by atoms with Gasteiger partial charge in [-0.05, 0) is 49.8 Å². The van der Waals surface area contributed by atoms with Crippen LogP contribution in [0.1, 0.15) is 43.0 Å². The molecule has 1 aliphatic rings. The Bertz CT molecular complexity index is 554. The number of carbonyl (C=O) groups excluding carboxylic acids is 2. The van der Waals surface area contributed by atoms with E-state index in [0.29, 0.717) is 5.92 Å². The smallest absolute Gasteiger partial charge is 0.340 e. The molecule has 3 N–H and O–H groups in total. The number of benzene rings is 1. The number of halogens is 1. The maximum absolute atomic E-state index is 12.9. The third-order valence-corrected chi connectivity index (χ3v) is 3.95. The summed E-state index contributed by atoms with van der Waals surface area (Å²) in [6, 6.07) is 3.56. The summed E-state index contributed by atoms with van der Waals surface area (Å²) in [5, 5.41) is 2.86. The number of rotatable bonds is 4. The summed E-state index contributed by atoms with van der Waals surface area (Å²) in [5.74, 6) is -0.885. The molecule has 1 fully saturated rings. The second-order valence-electron chi connectivity index (χ2n) is 5.83. The van der Waals surface area contributed by atoms with Crippen LogP contribution < -0.4 is 11.1 Å². The number of ether oxygens (including phenoxy) is 1. The number of esters is 1. The van der Waals surface area contributed by atoms with Crippen molar-refractivity contribution in [2.45, 2.75) is 38.6 Å². The van der Waals surface area contributed by atoms with E-state index in [1.54, 1.807) is 0 Å². The van der Waals surface area contributed by atoms with Crippen molar-refractivity contribution in [1.29, 1.82) is 0 Å². The van der Waals surface area contributed by atoms with Crippen molar-refractivity contribution in [1.82, 2.24) is 5.32 Å². The SMILES string of the molecule is CC1CCC(NC(=O)COC(=O)c2ccc(F)cc2N)CC1. The van der Waals surface area contributed by atoms with Gasteiger partial charge < -0.3 is 15.8 Å². The van der Waals surface area contributed by atoms with Crippen molar-refractivity contribution in [2.75, 3.05) is 12.3 Å². The second-order valence-corrected chi connectivity index (χ2v) is 5.83. The number of anilines is 1. The van der Waals surface area contributed by atoms with Gasteiger partial charge in [0.2, 0.25) is 0 Å². The Morgan fingerprint density at radius 1 is 1.32 bits per heavy atom. The minimum Gasteiger partial charge on any atom is -0.452 e. The predicted molar refractivity (Wildman–Crippen MR) is 80.7 cm³/mol.